The number of carbonyl (C=O) groups is 2. The third kappa shape index (κ3) is 4.07. The van der Waals surface area contributed by atoms with Crippen LogP contribution < -0.4 is 15.4 Å². The maximum atomic E-state index is 12.7. The second-order valence-electron chi connectivity index (χ2n) is 6.84. The standard InChI is InChI=1S/C22H22N2O4/c25-21(16-12-15-6-1-4-10-20(15)28-14-16)24-19-9-3-2-8-18(19)22(26)23-13-17-7-5-11-27-17/h1-4,6,8-10,12,17H,5,7,11,13-14H2,(H,23,26)(H,24,25). The summed E-state index contributed by atoms with van der Waals surface area (Å²) in [5, 5.41) is 5.73. The Labute approximate surface area is 163 Å². The molecule has 2 aliphatic rings. The summed E-state index contributed by atoms with van der Waals surface area (Å²) in [5.74, 6) is 0.243. The van der Waals surface area contributed by atoms with Gasteiger partial charge in [-0.2, -0.15) is 0 Å². The van der Waals surface area contributed by atoms with Gasteiger partial charge in [-0.1, -0.05) is 30.3 Å². The first-order valence-electron chi connectivity index (χ1n) is 9.43. The molecule has 1 fully saturated rings. The first-order chi connectivity index (χ1) is 13.7. The molecule has 0 spiro atoms. The van der Waals surface area contributed by atoms with Gasteiger partial charge in [-0.05, 0) is 37.1 Å². The molecule has 2 aliphatic heterocycles. The van der Waals surface area contributed by atoms with Gasteiger partial charge in [-0.25, -0.2) is 0 Å². The Morgan fingerprint density at radius 2 is 1.86 bits per heavy atom. The van der Waals surface area contributed by atoms with E-state index in [9.17, 15) is 9.59 Å². The Balaban J connectivity index is 1.45. The van der Waals surface area contributed by atoms with E-state index < -0.39 is 0 Å². The van der Waals surface area contributed by atoms with Crippen LogP contribution >= 0.6 is 0 Å². The second-order valence-corrected chi connectivity index (χ2v) is 6.84. The minimum absolute atomic E-state index is 0.0651. The van der Waals surface area contributed by atoms with Crippen LogP contribution in [0.3, 0.4) is 0 Å². The lowest BCUT2D eigenvalue weighted by Crippen LogP contribution is -2.32. The number of carbonyl (C=O) groups excluding carboxylic acids is 2. The van der Waals surface area contributed by atoms with Gasteiger partial charge in [-0.15, -0.1) is 0 Å². The average molecular weight is 378 g/mol. The van der Waals surface area contributed by atoms with Crippen LogP contribution in [0.25, 0.3) is 6.08 Å². The van der Waals surface area contributed by atoms with Crippen molar-refractivity contribution < 1.29 is 19.1 Å². The van der Waals surface area contributed by atoms with Crippen LogP contribution in [0.1, 0.15) is 28.8 Å². The van der Waals surface area contributed by atoms with Crippen molar-refractivity contribution in [1.29, 1.82) is 0 Å². The molecule has 4 rings (SSSR count). The van der Waals surface area contributed by atoms with Crippen LogP contribution in [0.5, 0.6) is 5.75 Å². The zero-order chi connectivity index (χ0) is 19.3. The van der Waals surface area contributed by atoms with Gasteiger partial charge in [0.05, 0.1) is 22.9 Å². The molecule has 2 amide bonds. The highest BCUT2D eigenvalue weighted by atomic mass is 16.5. The average Bonchev–Trinajstić information content (AvgIpc) is 3.25. The predicted molar refractivity (Wildman–Crippen MR) is 106 cm³/mol. The molecule has 1 saturated heterocycles. The van der Waals surface area contributed by atoms with Gasteiger partial charge in [-0.3, -0.25) is 9.59 Å². The summed E-state index contributed by atoms with van der Waals surface area (Å²) in [6, 6.07) is 14.5. The van der Waals surface area contributed by atoms with Gasteiger partial charge in [0.1, 0.15) is 12.4 Å². The van der Waals surface area contributed by atoms with Gasteiger partial charge in [0, 0.05) is 18.7 Å². The molecule has 0 saturated carbocycles. The van der Waals surface area contributed by atoms with E-state index in [1.807, 2.05) is 30.3 Å². The van der Waals surface area contributed by atoms with E-state index in [4.69, 9.17) is 9.47 Å². The quantitative estimate of drug-likeness (QED) is 0.839. The van der Waals surface area contributed by atoms with Crippen LogP contribution in [0.4, 0.5) is 5.69 Å². The first-order valence-corrected chi connectivity index (χ1v) is 9.43. The van der Waals surface area contributed by atoms with E-state index in [0.717, 1.165) is 30.8 Å². The van der Waals surface area contributed by atoms with Crippen LogP contribution in [0, 0.1) is 0 Å². The number of nitrogens with one attached hydrogen (secondary N) is 2. The minimum Gasteiger partial charge on any atom is -0.488 e. The number of benzene rings is 2. The third-order valence-electron chi connectivity index (χ3n) is 4.86. The number of fused-ring (bicyclic) bond motifs is 1. The highest BCUT2D eigenvalue weighted by molar-refractivity contribution is 6.11. The fourth-order valence-corrected chi connectivity index (χ4v) is 3.35. The van der Waals surface area contributed by atoms with E-state index in [1.54, 1.807) is 24.3 Å². The van der Waals surface area contributed by atoms with E-state index in [2.05, 4.69) is 10.6 Å². The zero-order valence-corrected chi connectivity index (χ0v) is 15.4. The zero-order valence-electron chi connectivity index (χ0n) is 15.4. The topological polar surface area (TPSA) is 76.7 Å². The predicted octanol–water partition coefficient (Wildman–Crippen LogP) is 3.01. The van der Waals surface area contributed by atoms with E-state index in [-0.39, 0.29) is 24.5 Å². The van der Waals surface area contributed by atoms with Crippen molar-refractivity contribution in [3.8, 4) is 5.75 Å². The molecule has 1 unspecified atom stereocenters. The number of hydrogen-bond acceptors (Lipinski definition) is 4. The van der Waals surface area contributed by atoms with Crippen molar-refractivity contribution >= 4 is 23.6 Å². The van der Waals surface area contributed by atoms with E-state index in [1.165, 1.54) is 0 Å². The monoisotopic (exact) mass is 378 g/mol. The van der Waals surface area contributed by atoms with E-state index in [0.29, 0.717) is 23.4 Å². The molecule has 0 aromatic heterocycles. The number of amides is 2. The van der Waals surface area contributed by atoms with Crippen molar-refractivity contribution in [2.24, 2.45) is 0 Å². The molecule has 28 heavy (non-hydrogen) atoms. The van der Waals surface area contributed by atoms with Crippen LogP contribution in [0.2, 0.25) is 0 Å². The van der Waals surface area contributed by atoms with Crippen molar-refractivity contribution in [2.75, 3.05) is 25.1 Å². The molecule has 144 valence electrons. The maximum absolute atomic E-state index is 12.7. The fourth-order valence-electron chi connectivity index (χ4n) is 3.35. The third-order valence-corrected chi connectivity index (χ3v) is 4.86. The van der Waals surface area contributed by atoms with Crippen LogP contribution in [-0.4, -0.2) is 37.7 Å². The number of ether oxygens (including phenoxy) is 2. The lowest BCUT2D eigenvalue weighted by atomic mass is 10.1. The molecule has 1 atom stereocenters. The molecule has 0 bridgehead atoms. The van der Waals surface area contributed by atoms with E-state index >= 15 is 0 Å². The second kappa shape index (κ2) is 8.27. The lowest BCUT2D eigenvalue weighted by Gasteiger charge is -2.18. The smallest absolute Gasteiger partial charge is 0.255 e. The molecule has 0 aliphatic carbocycles. The number of anilines is 1. The molecule has 2 aromatic rings. The van der Waals surface area contributed by atoms with Gasteiger partial charge >= 0.3 is 0 Å². The Morgan fingerprint density at radius 1 is 1.04 bits per heavy atom. The van der Waals surface area contributed by atoms with Crippen molar-refractivity contribution in [2.45, 2.75) is 18.9 Å². The van der Waals surface area contributed by atoms with Gasteiger partial charge in [0.25, 0.3) is 11.8 Å². The normalized spacial score (nSPS) is 17.9. The van der Waals surface area contributed by atoms with Crippen molar-refractivity contribution in [3.63, 3.8) is 0 Å². The minimum atomic E-state index is -0.283. The summed E-state index contributed by atoms with van der Waals surface area (Å²) < 4.78 is 11.2. The summed E-state index contributed by atoms with van der Waals surface area (Å²) in [5.41, 5.74) is 2.26. The number of rotatable bonds is 5. The molecule has 0 radical (unpaired) electrons. The summed E-state index contributed by atoms with van der Waals surface area (Å²) in [4.78, 5) is 25.3. The highest BCUT2D eigenvalue weighted by Gasteiger charge is 2.21. The van der Waals surface area contributed by atoms with Gasteiger partial charge in [0.2, 0.25) is 0 Å². The number of para-hydroxylation sites is 2. The number of hydrogen-bond donors (Lipinski definition) is 2. The van der Waals surface area contributed by atoms with Crippen LogP contribution in [-0.2, 0) is 9.53 Å². The molecule has 6 nitrogen and oxygen atoms in total. The summed E-state index contributed by atoms with van der Waals surface area (Å²) in [7, 11) is 0. The lowest BCUT2D eigenvalue weighted by molar-refractivity contribution is -0.113. The Kier molecular flexibility index (Phi) is 5.39. The first kappa shape index (κ1) is 18.3. The Hall–Kier alpha value is -3.12. The maximum Gasteiger partial charge on any atom is 0.255 e. The molecular formula is C22H22N2O4. The summed E-state index contributed by atoms with van der Waals surface area (Å²) >= 11 is 0. The fraction of sp³-hybridized carbons (Fsp3) is 0.273. The Morgan fingerprint density at radius 3 is 2.71 bits per heavy atom. The van der Waals surface area contributed by atoms with Gasteiger partial charge in [0.15, 0.2) is 0 Å². The molecular weight excluding hydrogens is 356 g/mol. The summed E-state index contributed by atoms with van der Waals surface area (Å²) in [6.07, 6.45) is 3.85. The molecule has 6 heteroatoms. The Bertz CT molecular complexity index is 916. The summed E-state index contributed by atoms with van der Waals surface area (Å²) in [6.45, 7) is 1.40. The van der Waals surface area contributed by atoms with Crippen LogP contribution in [0.15, 0.2) is 54.1 Å². The van der Waals surface area contributed by atoms with Crippen molar-refractivity contribution in [1.82, 2.24) is 5.32 Å². The molecule has 2 N–H and O–H groups in total. The van der Waals surface area contributed by atoms with Gasteiger partial charge < -0.3 is 20.1 Å². The molecule has 2 heterocycles. The van der Waals surface area contributed by atoms with Crippen molar-refractivity contribution in [3.05, 3.63) is 65.2 Å². The SMILES string of the molecule is O=C(Nc1ccccc1C(=O)NCC1CCCO1)C1=Cc2ccccc2OC1. The largest absolute Gasteiger partial charge is 0.488 e. The molecule has 2 aromatic carbocycles. The highest BCUT2D eigenvalue weighted by Crippen LogP contribution is 2.26.